The average molecular weight is 246 g/mol. The average Bonchev–Trinajstić information content (AvgIpc) is 2.39. The Morgan fingerprint density at radius 3 is 0.611 bits per heavy atom. The fraction of sp³-hybridized carbons (Fsp3) is 0.667. The third kappa shape index (κ3) is 10.4. The molecule has 0 bridgehead atoms. The summed E-state index contributed by atoms with van der Waals surface area (Å²) in [7, 11) is 0. The van der Waals surface area contributed by atoms with E-state index in [0.29, 0.717) is 0 Å². The first-order valence-electron chi connectivity index (χ1n) is 7.95. The van der Waals surface area contributed by atoms with E-state index in [1.165, 1.54) is 77.0 Å². The van der Waals surface area contributed by atoms with Gasteiger partial charge in [-0.05, 0) is 77.0 Å². The van der Waals surface area contributed by atoms with Crippen molar-refractivity contribution in [3.63, 3.8) is 0 Å². The van der Waals surface area contributed by atoms with Crippen LogP contribution in [0.4, 0.5) is 0 Å². The largest absolute Gasteiger partial charge is 0.0885 e. The van der Waals surface area contributed by atoms with Crippen molar-refractivity contribution in [2.45, 2.75) is 77.0 Å². The Kier molecular flexibility index (Phi) is 10.8. The topological polar surface area (TPSA) is 0 Å². The molecule has 0 atom stereocenters. The minimum absolute atomic E-state index is 1.27. The van der Waals surface area contributed by atoms with E-state index in [2.05, 4.69) is 36.5 Å². The molecule has 0 aromatic heterocycles. The lowest BCUT2D eigenvalue weighted by Gasteiger charge is -1.97. The maximum atomic E-state index is 2.38. The Morgan fingerprint density at radius 1 is 0.278 bits per heavy atom. The number of hydrogen-bond acceptors (Lipinski definition) is 0. The highest BCUT2D eigenvalue weighted by molar-refractivity contribution is 4.86. The Balaban J connectivity index is 2.19. The van der Waals surface area contributed by atoms with Gasteiger partial charge in [-0.3, -0.25) is 0 Å². The van der Waals surface area contributed by atoms with Gasteiger partial charge in [-0.1, -0.05) is 36.5 Å². The van der Waals surface area contributed by atoms with E-state index in [4.69, 9.17) is 0 Å². The van der Waals surface area contributed by atoms with Crippen molar-refractivity contribution in [3.05, 3.63) is 36.5 Å². The maximum Gasteiger partial charge on any atom is -0.0351 e. The second-order valence-electron chi connectivity index (χ2n) is 5.27. The van der Waals surface area contributed by atoms with E-state index in [0.717, 1.165) is 0 Å². The molecular weight excluding hydrogens is 216 g/mol. The molecule has 0 fully saturated rings. The minimum Gasteiger partial charge on any atom is -0.0885 e. The van der Waals surface area contributed by atoms with Crippen LogP contribution in [0, 0.1) is 0 Å². The molecule has 1 aliphatic carbocycles. The SMILES string of the molecule is C1=C\CCCC/C=C\CCCC/C=C\CCCC/1. The van der Waals surface area contributed by atoms with E-state index in [1.54, 1.807) is 0 Å². The lowest BCUT2D eigenvalue weighted by Crippen LogP contribution is -1.77. The lowest BCUT2D eigenvalue weighted by atomic mass is 10.1. The molecule has 0 amide bonds. The van der Waals surface area contributed by atoms with Gasteiger partial charge in [0, 0.05) is 0 Å². The van der Waals surface area contributed by atoms with Gasteiger partial charge in [0.25, 0.3) is 0 Å². The van der Waals surface area contributed by atoms with Crippen LogP contribution in [0.3, 0.4) is 0 Å². The van der Waals surface area contributed by atoms with Gasteiger partial charge >= 0.3 is 0 Å². The Hall–Kier alpha value is -0.780. The van der Waals surface area contributed by atoms with Gasteiger partial charge in [0.2, 0.25) is 0 Å². The number of hydrogen-bond donors (Lipinski definition) is 0. The van der Waals surface area contributed by atoms with Gasteiger partial charge in [-0.2, -0.15) is 0 Å². The zero-order valence-corrected chi connectivity index (χ0v) is 11.9. The van der Waals surface area contributed by atoms with Crippen molar-refractivity contribution in [2.75, 3.05) is 0 Å². The van der Waals surface area contributed by atoms with E-state index < -0.39 is 0 Å². The summed E-state index contributed by atoms with van der Waals surface area (Å²) in [5.41, 5.74) is 0. The molecule has 0 heterocycles. The highest BCUT2D eigenvalue weighted by atomic mass is 13.9. The Bertz CT molecular complexity index is 178. The highest BCUT2D eigenvalue weighted by Gasteiger charge is 1.88. The molecule has 0 saturated heterocycles. The van der Waals surface area contributed by atoms with Crippen LogP contribution in [-0.2, 0) is 0 Å². The summed E-state index contributed by atoms with van der Waals surface area (Å²) in [6, 6.07) is 0. The molecule has 0 spiro atoms. The lowest BCUT2D eigenvalue weighted by molar-refractivity contribution is 0.730. The summed E-state index contributed by atoms with van der Waals surface area (Å²) in [6.07, 6.45) is 30.0. The third-order valence-electron chi connectivity index (χ3n) is 3.47. The monoisotopic (exact) mass is 246 g/mol. The Labute approximate surface area is 114 Å². The van der Waals surface area contributed by atoms with Crippen LogP contribution in [0.1, 0.15) is 77.0 Å². The van der Waals surface area contributed by atoms with Crippen molar-refractivity contribution in [2.24, 2.45) is 0 Å². The zero-order chi connectivity index (χ0) is 12.7. The molecule has 0 N–H and O–H groups in total. The molecule has 0 aromatic carbocycles. The van der Waals surface area contributed by atoms with E-state index in [9.17, 15) is 0 Å². The van der Waals surface area contributed by atoms with E-state index >= 15 is 0 Å². The van der Waals surface area contributed by atoms with Gasteiger partial charge in [-0.25, -0.2) is 0 Å². The predicted molar refractivity (Wildman–Crippen MR) is 82.8 cm³/mol. The van der Waals surface area contributed by atoms with Crippen molar-refractivity contribution >= 4 is 0 Å². The maximum absolute atomic E-state index is 2.38. The van der Waals surface area contributed by atoms with Gasteiger partial charge in [-0.15, -0.1) is 0 Å². The predicted octanol–water partition coefficient (Wildman–Crippen LogP) is 6.35. The van der Waals surface area contributed by atoms with Crippen LogP contribution in [0.2, 0.25) is 0 Å². The summed E-state index contributed by atoms with van der Waals surface area (Å²) in [5.74, 6) is 0. The van der Waals surface area contributed by atoms with Gasteiger partial charge in [0.05, 0.1) is 0 Å². The Morgan fingerprint density at radius 2 is 0.444 bits per heavy atom. The first-order chi connectivity index (χ1) is 9.00. The second kappa shape index (κ2) is 12.7. The number of allylic oxidation sites excluding steroid dienone is 6. The molecule has 1 aliphatic rings. The van der Waals surface area contributed by atoms with E-state index in [1.807, 2.05) is 0 Å². The molecule has 1 rings (SSSR count). The molecule has 0 nitrogen and oxygen atoms in total. The molecule has 0 saturated carbocycles. The van der Waals surface area contributed by atoms with Gasteiger partial charge in [0.1, 0.15) is 0 Å². The number of rotatable bonds is 0. The molecule has 18 heavy (non-hydrogen) atoms. The standard InChI is InChI=1S/C18H30/c1-2-4-6-8-10-12-14-16-18-17-15-13-11-9-7-5-3-1/h1-2,11-14H,3-10,15-18H2/b2-1-,13-11-,14-12-. The minimum atomic E-state index is 1.27. The summed E-state index contributed by atoms with van der Waals surface area (Å²) >= 11 is 0. The third-order valence-corrected chi connectivity index (χ3v) is 3.47. The summed E-state index contributed by atoms with van der Waals surface area (Å²) < 4.78 is 0. The summed E-state index contributed by atoms with van der Waals surface area (Å²) in [4.78, 5) is 0. The van der Waals surface area contributed by atoms with Crippen LogP contribution in [-0.4, -0.2) is 0 Å². The van der Waals surface area contributed by atoms with E-state index in [-0.39, 0.29) is 0 Å². The first-order valence-corrected chi connectivity index (χ1v) is 7.95. The smallest absolute Gasteiger partial charge is 0.0351 e. The van der Waals surface area contributed by atoms with Crippen molar-refractivity contribution in [3.8, 4) is 0 Å². The van der Waals surface area contributed by atoms with Crippen LogP contribution in [0.15, 0.2) is 36.5 Å². The van der Waals surface area contributed by atoms with Crippen LogP contribution < -0.4 is 0 Å². The van der Waals surface area contributed by atoms with Gasteiger partial charge in [0.15, 0.2) is 0 Å². The summed E-state index contributed by atoms with van der Waals surface area (Å²) in [6.45, 7) is 0. The molecule has 0 aromatic rings. The molecule has 0 radical (unpaired) electrons. The molecule has 102 valence electrons. The fourth-order valence-electron chi connectivity index (χ4n) is 2.28. The van der Waals surface area contributed by atoms with Gasteiger partial charge < -0.3 is 0 Å². The van der Waals surface area contributed by atoms with Crippen molar-refractivity contribution in [1.29, 1.82) is 0 Å². The van der Waals surface area contributed by atoms with Crippen molar-refractivity contribution < 1.29 is 0 Å². The zero-order valence-electron chi connectivity index (χ0n) is 11.9. The van der Waals surface area contributed by atoms with Crippen molar-refractivity contribution in [1.82, 2.24) is 0 Å². The molecule has 0 heteroatoms. The highest BCUT2D eigenvalue weighted by Crippen LogP contribution is 2.08. The molecular formula is C18H30. The molecule has 0 unspecified atom stereocenters. The summed E-state index contributed by atoms with van der Waals surface area (Å²) in [5, 5.41) is 0. The van der Waals surface area contributed by atoms with Crippen LogP contribution >= 0.6 is 0 Å². The normalized spacial score (nSPS) is 26.7. The quantitative estimate of drug-likeness (QED) is 0.437. The first kappa shape index (κ1) is 15.3. The molecule has 0 aliphatic heterocycles. The second-order valence-corrected chi connectivity index (χ2v) is 5.27. The van der Waals surface area contributed by atoms with Crippen LogP contribution in [0.5, 0.6) is 0 Å². The fourth-order valence-corrected chi connectivity index (χ4v) is 2.28. The van der Waals surface area contributed by atoms with Crippen LogP contribution in [0.25, 0.3) is 0 Å².